The number of hydrogen-bond acceptors (Lipinski definition) is 7. The minimum absolute atomic E-state index is 0.0429. The Kier molecular flexibility index (Phi) is 6.61. The van der Waals surface area contributed by atoms with E-state index < -0.39 is 17.8 Å². The van der Waals surface area contributed by atoms with Crippen molar-refractivity contribution in [2.24, 2.45) is 0 Å². The molecule has 10 heteroatoms. The van der Waals surface area contributed by atoms with Crippen LogP contribution in [-0.4, -0.2) is 31.7 Å². The quantitative estimate of drug-likeness (QED) is 0.227. The predicted octanol–water partition coefficient (Wildman–Crippen LogP) is 5.59. The van der Waals surface area contributed by atoms with Crippen molar-refractivity contribution in [2.75, 3.05) is 18.8 Å². The van der Waals surface area contributed by atoms with Crippen LogP contribution >= 0.6 is 15.9 Å². The summed E-state index contributed by atoms with van der Waals surface area (Å²) < 4.78 is 22.9. The standard InChI is InChI=1S/C30H21BrN2O7/c1-37-26-13-18(12-23(31)27(26)38-15-17-6-7-19-4-2-3-5-20(19)10-17)11-22-28(34)32-30(36)33(29(22)35)21-8-9-24-25(14-21)40-16-39-24/h2-14H,15-16H2,1H3,(H,32,34,36)/b22-11+. The minimum atomic E-state index is -0.859. The van der Waals surface area contributed by atoms with Crippen LogP contribution in [0.15, 0.2) is 82.8 Å². The summed E-state index contributed by atoms with van der Waals surface area (Å²) in [6.45, 7) is 0.342. The van der Waals surface area contributed by atoms with Crippen LogP contribution in [0.2, 0.25) is 0 Å². The fraction of sp³-hybridized carbons (Fsp3) is 0.100. The molecular formula is C30H21BrN2O7. The zero-order chi connectivity index (χ0) is 27.8. The molecule has 0 aromatic heterocycles. The van der Waals surface area contributed by atoms with Gasteiger partial charge in [-0.3, -0.25) is 14.9 Å². The topological polar surface area (TPSA) is 103 Å². The molecule has 40 heavy (non-hydrogen) atoms. The summed E-state index contributed by atoms with van der Waals surface area (Å²) in [5, 5.41) is 4.47. The molecule has 2 heterocycles. The molecule has 0 spiro atoms. The van der Waals surface area contributed by atoms with E-state index in [1.807, 2.05) is 36.4 Å². The number of nitrogens with one attached hydrogen (secondary N) is 1. The lowest BCUT2D eigenvalue weighted by Gasteiger charge is -2.26. The second-order valence-corrected chi connectivity index (χ2v) is 9.85. The van der Waals surface area contributed by atoms with Gasteiger partial charge < -0.3 is 18.9 Å². The van der Waals surface area contributed by atoms with E-state index in [1.54, 1.807) is 24.3 Å². The fourth-order valence-corrected chi connectivity index (χ4v) is 5.10. The molecule has 4 aromatic carbocycles. The molecule has 4 aromatic rings. The Morgan fingerprint density at radius 2 is 1.75 bits per heavy atom. The minimum Gasteiger partial charge on any atom is -0.493 e. The van der Waals surface area contributed by atoms with Crippen LogP contribution in [0.25, 0.3) is 16.8 Å². The summed E-state index contributed by atoms with van der Waals surface area (Å²) in [6, 6.07) is 21.3. The Morgan fingerprint density at radius 3 is 2.58 bits per heavy atom. The lowest BCUT2D eigenvalue weighted by atomic mass is 10.1. The highest BCUT2D eigenvalue weighted by Gasteiger charge is 2.37. The van der Waals surface area contributed by atoms with Crippen molar-refractivity contribution in [3.8, 4) is 23.0 Å². The Bertz CT molecular complexity index is 1730. The normalized spacial score (nSPS) is 15.5. The van der Waals surface area contributed by atoms with Gasteiger partial charge in [0.05, 0.1) is 17.3 Å². The van der Waals surface area contributed by atoms with E-state index in [2.05, 4.69) is 27.3 Å². The molecule has 0 atom stereocenters. The van der Waals surface area contributed by atoms with Gasteiger partial charge in [-0.05, 0) is 74.2 Å². The van der Waals surface area contributed by atoms with Gasteiger partial charge in [-0.1, -0.05) is 36.4 Å². The number of halogens is 1. The van der Waals surface area contributed by atoms with E-state index in [-0.39, 0.29) is 18.1 Å². The summed E-state index contributed by atoms with van der Waals surface area (Å²) in [4.78, 5) is 39.5. The van der Waals surface area contributed by atoms with Crippen LogP contribution in [0.5, 0.6) is 23.0 Å². The number of nitrogens with zero attached hydrogens (tertiary/aromatic N) is 1. The van der Waals surface area contributed by atoms with Crippen LogP contribution in [0.1, 0.15) is 11.1 Å². The molecule has 0 unspecified atom stereocenters. The van der Waals surface area contributed by atoms with Crippen LogP contribution in [0.4, 0.5) is 10.5 Å². The number of hydrogen-bond donors (Lipinski definition) is 1. The maximum Gasteiger partial charge on any atom is 0.335 e. The van der Waals surface area contributed by atoms with Gasteiger partial charge >= 0.3 is 6.03 Å². The molecule has 2 aliphatic rings. The zero-order valence-corrected chi connectivity index (χ0v) is 22.7. The molecule has 0 bridgehead atoms. The van der Waals surface area contributed by atoms with Crippen molar-refractivity contribution in [2.45, 2.75) is 6.61 Å². The molecule has 6 rings (SSSR count). The lowest BCUT2D eigenvalue weighted by molar-refractivity contribution is -0.122. The molecule has 1 saturated heterocycles. The summed E-state index contributed by atoms with van der Waals surface area (Å²) in [7, 11) is 1.50. The second kappa shape index (κ2) is 10.4. The summed E-state index contributed by atoms with van der Waals surface area (Å²) >= 11 is 3.52. The van der Waals surface area contributed by atoms with Crippen LogP contribution in [0.3, 0.4) is 0 Å². The Labute approximate surface area is 237 Å². The number of barbiturate groups is 1. The Hall–Kier alpha value is -4.83. The van der Waals surface area contributed by atoms with E-state index in [0.29, 0.717) is 39.6 Å². The average molecular weight is 601 g/mol. The van der Waals surface area contributed by atoms with Crippen molar-refractivity contribution in [1.29, 1.82) is 0 Å². The molecule has 1 fully saturated rings. The van der Waals surface area contributed by atoms with Crippen LogP contribution in [-0.2, 0) is 16.2 Å². The number of amides is 4. The van der Waals surface area contributed by atoms with Crippen LogP contribution in [0, 0.1) is 0 Å². The number of carbonyl (C=O) groups is 3. The smallest absolute Gasteiger partial charge is 0.335 e. The third-order valence-electron chi connectivity index (χ3n) is 6.48. The van der Waals surface area contributed by atoms with Gasteiger partial charge in [0.2, 0.25) is 6.79 Å². The van der Waals surface area contributed by atoms with E-state index in [1.165, 1.54) is 19.3 Å². The van der Waals surface area contributed by atoms with Crippen molar-refractivity contribution >= 4 is 56.3 Å². The summed E-state index contributed by atoms with van der Waals surface area (Å²) in [6.07, 6.45) is 1.39. The number of ether oxygens (including phenoxy) is 4. The molecule has 200 valence electrons. The highest BCUT2D eigenvalue weighted by molar-refractivity contribution is 9.10. The number of methoxy groups -OCH3 is 1. The third-order valence-corrected chi connectivity index (χ3v) is 7.06. The van der Waals surface area contributed by atoms with E-state index in [4.69, 9.17) is 18.9 Å². The molecule has 0 aliphatic carbocycles. The first-order chi connectivity index (χ1) is 19.4. The van der Waals surface area contributed by atoms with Gasteiger partial charge in [0, 0.05) is 6.07 Å². The van der Waals surface area contributed by atoms with Crippen molar-refractivity contribution in [3.63, 3.8) is 0 Å². The predicted molar refractivity (Wildman–Crippen MR) is 151 cm³/mol. The van der Waals surface area contributed by atoms with Gasteiger partial charge in [-0.15, -0.1) is 0 Å². The first-order valence-electron chi connectivity index (χ1n) is 12.2. The van der Waals surface area contributed by atoms with Gasteiger partial charge in [-0.25, -0.2) is 9.69 Å². The van der Waals surface area contributed by atoms with Gasteiger partial charge in [-0.2, -0.15) is 0 Å². The lowest BCUT2D eigenvalue weighted by Crippen LogP contribution is -2.54. The largest absolute Gasteiger partial charge is 0.493 e. The molecule has 0 saturated carbocycles. The molecule has 1 N–H and O–H groups in total. The monoisotopic (exact) mass is 600 g/mol. The molecule has 4 amide bonds. The van der Waals surface area contributed by atoms with E-state index in [9.17, 15) is 14.4 Å². The zero-order valence-electron chi connectivity index (χ0n) is 21.1. The maximum atomic E-state index is 13.3. The summed E-state index contributed by atoms with van der Waals surface area (Å²) in [5.41, 5.74) is 1.48. The number of anilines is 1. The SMILES string of the molecule is COc1cc(/C=C2\C(=O)NC(=O)N(c3ccc4c(c3)OCO4)C2=O)cc(Br)c1OCc1ccc2ccccc2c1. The molecule has 9 nitrogen and oxygen atoms in total. The maximum absolute atomic E-state index is 13.3. The van der Waals surface area contributed by atoms with E-state index >= 15 is 0 Å². The fourth-order valence-electron chi connectivity index (χ4n) is 4.53. The van der Waals surface area contributed by atoms with Gasteiger partial charge in [0.15, 0.2) is 23.0 Å². The highest BCUT2D eigenvalue weighted by Crippen LogP contribution is 2.39. The highest BCUT2D eigenvalue weighted by atomic mass is 79.9. The average Bonchev–Trinajstić information content (AvgIpc) is 3.42. The Morgan fingerprint density at radius 1 is 0.950 bits per heavy atom. The number of benzene rings is 4. The number of imide groups is 2. The van der Waals surface area contributed by atoms with Crippen molar-refractivity contribution < 1.29 is 33.3 Å². The molecule has 0 radical (unpaired) electrons. The second-order valence-electron chi connectivity index (χ2n) is 9.00. The molecular weight excluding hydrogens is 580 g/mol. The first kappa shape index (κ1) is 25.4. The van der Waals surface area contributed by atoms with Gasteiger partial charge in [0.1, 0.15) is 12.2 Å². The van der Waals surface area contributed by atoms with Gasteiger partial charge in [0.25, 0.3) is 11.8 Å². The van der Waals surface area contributed by atoms with Crippen LogP contribution < -0.4 is 29.2 Å². The molecule has 2 aliphatic heterocycles. The van der Waals surface area contributed by atoms with Crippen molar-refractivity contribution in [1.82, 2.24) is 5.32 Å². The number of fused-ring (bicyclic) bond motifs is 2. The first-order valence-corrected chi connectivity index (χ1v) is 13.0. The number of carbonyl (C=O) groups excluding carboxylic acids is 3. The number of urea groups is 1. The Balaban J connectivity index is 1.27. The van der Waals surface area contributed by atoms with Crippen molar-refractivity contribution in [3.05, 3.63) is 94.0 Å². The summed E-state index contributed by atoms with van der Waals surface area (Å²) in [5.74, 6) is 0.177. The number of rotatable bonds is 6. The van der Waals surface area contributed by atoms with E-state index in [0.717, 1.165) is 21.2 Å². The third kappa shape index (κ3) is 4.73.